The zero-order valence-electron chi connectivity index (χ0n) is 13.5. The zero-order valence-corrected chi connectivity index (χ0v) is 13.5. The van der Waals surface area contributed by atoms with Crippen LogP contribution in [0.15, 0.2) is 34.9 Å². The molecule has 0 spiro atoms. The number of ether oxygens (including phenoxy) is 1. The Bertz CT molecular complexity index is 623. The lowest BCUT2D eigenvalue weighted by Crippen LogP contribution is -2.31. The molecule has 23 heavy (non-hydrogen) atoms. The first-order chi connectivity index (χ1) is 11.2. The molecule has 1 atom stereocenters. The van der Waals surface area contributed by atoms with Crippen LogP contribution in [0.4, 0.5) is 4.39 Å². The zero-order chi connectivity index (χ0) is 16.1. The summed E-state index contributed by atoms with van der Waals surface area (Å²) in [4.78, 5) is 6.56. The van der Waals surface area contributed by atoms with Gasteiger partial charge >= 0.3 is 0 Å². The molecule has 4 nitrogen and oxygen atoms in total. The van der Waals surface area contributed by atoms with Gasteiger partial charge in [0.1, 0.15) is 11.6 Å². The lowest BCUT2D eigenvalue weighted by Gasteiger charge is -2.24. The number of halogens is 1. The molecule has 1 aliphatic heterocycles. The quantitative estimate of drug-likeness (QED) is 0.782. The second kappa shape index (κ2) is 7.70. The molecular formula is C18H23FN2O2. The Hall–Kier alpha value is -1.72. The molecular weight excluding hydrogens is 295 g/mol. The molecule has 1 aromatic carbocycles. The van der Waals surface area contributed by atoms with Crippen LogP contribution in [0.3, 0.4) is 0 Å². The number of hydrogen-bond acceptors (Lipinski definition) is 4. The lowest BCUT2D eigenvalue weighted by molar-refractivity contribution is 0.0647. The summed E-state index contributed by atoms with van der Waals surface area (Å²) in [5.74, 6) is 1.39. The van der Waals surface area contributed by atoms with Crippen molar-refractivity contribution in [1.29, 1.82) is 0 Å². The number of nitrogens with zero attached hydrogens (tertiary/aromatic N) is 2. The topological polar surface area (TPSA) is 38.5 Å². The highest BCUT2D eigenvalue weighted by atomic mass is 19.1. The fourth-order valence-corrected chi connectivity index (χ4v) is 2.93. The Morgan fingerprint density at radius 2 is 2.26 bits per heavy atom. The maximum atomic E-state index is 13.4. The average Bonchev–Trinajstić information content (AvgIpc) is 3.19. The van der Waals surface area contributed by atoms with Crippen LogP contribution in [0.5, 0.6) is 0 Å². The van der Waals surface area contributed by atoms with Gasteiger partial charge in [-0.2, -0.15) is 0 Å². The summed E-state index contributed by atoms with van der Waals surface area (Å²) in [6.45, 7) is 4.94. The van der Waals surface area contributed by atoms with Gasteiger partial charge in [-0.15, -0.1) is 0 Å². The van der Waals surface area contributed by atoms with Gasteiger partial charge < -0.3 is 9.15 Å². The summed E-state index contributed by atoms with van der Waals surface area (Å²) < 4.78 is 24.9. The molecule has 0 radical (unpaired) electrons. The molecule has 0 aliphatic carbocycles. The molecule has 0 unspecified atom stereocenters. The molecule has 0 bridgehead atoms. The second-order valence-electron chi connectivity index (χ2n) is 6.01. The van der Waals surface area contributed by atoms with E-state index in [0.717, 1.165) is 43.7 Å². The van der Waals surface area contributed by atoms with E-state index in [1.165, 1.54) is 6.07 Å². The SMILES string of the molecule is CCc1cnc(CN(Cc2cccc(F)c2)C[C@@H]2CCCO2)o1. The van der Waals surface area contributed by atoms with Crippen LogP contribution >= 0.6 is 0 Å². The van der Waals surface area contributed by atoms with Gasteiger partial charge in [-0.3, -0.25) is 4.90 Å². The molecule has 1 aromatic heterocycles. The third kappa shape index (κ3) is 4.62. The van der Waals surface area contributed by atoms with Gasteiger partial charge in [0, 0.05) is 26.1 Å². The minimum atomic E-state index is -0.205. The number of hydrogen-bond donors (Lipinski definition) is 0. The van der Waals surface area contributed by atoms with E-state index in [9.17, 15) is 4.39 Å². The summed E-state index contributed by atoms with van der Waals surface area (Å²) in [5.41, 5.74) is 0.949. The Labute approximate surface area is 136 Å². The van der Waals surface area contributed by atoms with Gasteiger partial charge in [0.15, 0.2) is 0 Å². The van der Waals surface area contributed by atoms with Gasteiger partial charge in [0.05, 0.1) is 18.8 Å². The smallest absolute Gasteiger partial charge is 0.208 e. The number of benzene rings is 1. The maximum absolute atomic E-state index is 13.4. The monoisotopic (exact) mass is 318 g/mol. The van der Waals surface area contributed by atoms with Crippen LogP contribution < -0.4 is 0 Å². The minimum absolute atomic E-state index is 0.205. The third-order valence-corrected chi connectivity index (χ3v) is 4.09. The van der Waals surface area contributed by atoms with Crippen LogP contribution in [-0.2, 0) is 24.2 Å². The highest BCUT2D eigenvalue weighted by Gasteiger charge is 2.21. The van der Waals surface area contributed by atoms with E-state index in [1.54, 1.807) is 18.3 Å². The Kier molecular flexibility index (Phi) is 5.41. The molecule has 1 saturated heterocycles. The van der Waals surface area contributed by atoms with Crippen molar-refractivity contribution in [3.8, 4) is 0 Å². The van der Waals surface area contributed by atoms with Crippen LogP contribution in [0.25, 0.3) is 0 Å². The van der Waals surface area contributed by atoms with Gasteiger partial charge in [-0.25, -0.2) is 9.37 Å². The first kappa shape index (κ1) is 16.1. The van der Waals surface area contributed by atoms with Crippen molar-refractivity contribution in [2.24, 2.45) is 0 Å². The van der Waals surface area contributed by atoms with Crippen molar-refractivity contribution in [3.05, 3.63) is 53.5 Å². The number of oxazole rings is 1. The van der Waals surface area contributed by atoms with Gasteiger partial charge in [-0.05, 0) is 30.5 Å². The van der Waals surface area contributed by atoms with E-state index in [1.807, 2.05) is 13.0 Å². The summed E-state index contributed by atoms with van der Waals surface area (Å²) in [5, 5.41) is 0. The first-order valence-electron chi connectivity index (χ1n) is 8.25. The van der Waals surface area contributed by atoms with Gasteiger partial charge in [0.25, 0.3) is 0 Å². The van der Waals surface area contributed by atoms with E-state index in [2.05, 4.69) is 9.88 Å². The van der Waals surface area contributed by atoms with Crippen LogP contribution in [0, 0.1) is 5.82 Å². The van der Waals surface area contributed by atoms with E-state index >= 15 is 0 Å². The first-order valence-corrected chi connectivity index (χ1v) is 8.25. The van der Waals surface area contributed by atoms with E-state index in [4.69, 9.17) is 9.15 Å². The van der Waals surface area contributed by atoms with Crippen molar-refractivity contribution in [2.75, 3.05) is 13.2 Å². The highest BCUT2D eigenvalue weighted by molar-refractivity contribution is 5.16. The lowest BCUT2D eigenvalue weighted by atomic mass is 10.2. The number of aryl methyl sites for hydroxylation is 1. The maximum Gasteiger partial charge on any atom is 0.208 e. The summed E-state index contributed by atoms with van der Waals surface area (Å²) >= 11 is 0. The molecule has 0 N–H and O–H groups in total. The Morgan fingerprint density at radius 3 is 2.96 bits per heavy atom. The Balaban J connectivity index is 1.69. The van der Waals surface area contributed by atoms with Crippen molar-refractivity contribution in [1.82, 2.24) is 9.88 Å². The fourth-order valence-electron chi connectivity index (χ4n) is 2.93. The van der Waals surface area contributed by atoms with Crippen molar-refractivity contribution in [2.45, 2.75) is 45.4 Å². The molecule has 2 heterocycles. The molecule has 0 amide bonds. The highest BCUT2D eigenvalue weighted by Crippen LogP contribution is 2.18. The second-order valence-corrected chi connectivity index (χ2v) is 6.01. The average molecular weight is 318 g/mol. The standard InChI is InChI=1S/C18H23FN2O2/c1-2-16-10-20-18(23-16)13-21(12-17-7-4-8-22-17)11-14-5-3-6-15(19)9-14/h3,5-6,9-10,17H,2,4,7-8,11-13H2,1H3/t17-/m0/s1. The van der Waals surface area contributed by atoms with Gasteiger partial charge in [0.2, 0.25) is 5.89 Å². The molecule has 1 fully saturated rings. The third-order valence-electron chi connectivity index (χ3n) is 4.09. The van der Waals surface area contributed by atoms with Crippen LogP contribution in [-0.4, -0.2) is 29.1 Å². The van der Waals surface area contributed by atoms with Crippen molar-refractivity contribution < 1.29 is 13.5 Å². The van der Waals surface area contributed by atoms with E-state index < -0.39 is 0 Å². The molecule has 0 saturated carbocycles. The largest absolute Gasteiger partial charge is 0.444 e. The predicted molar refractivity (Wildman–Crippen MR) is 85.4 cm³/mol. The van der Waals surface area contributed by atoms with Crippen LogP contribution in [0.1, 0.15) is 37.0 Å². The fraction of sp³-hybridized carbons (Fsp3) is 0.500. The predicted octanol–water partition coefficient (Wildman–Crippen LogP) is 3.56. The molecule has 124 valence electrons. The summed E-state index contributed by atoms with van der Waals surface area (Å²) in [6.07, 6.45) is 5.04. The van der Waals surface area contributed by atoms with Crippen molar-refractivity contribution in [3.63, 3.8) is 0 Å². The molecule has 1 aliphatic rings. The molecule has 2 aromatic rings. The van der Waals surface area contributed by atoms with Crippen LogP contribution in [0.2, 0.25) is 0 Å². The molecule has 5 heteroatoms. The number of rotatable bonds is 7. The Morgan fingerprint density at radius 1 is 1.35 bits per heavy atom. The minimum Gasteiger partial charge on any atom is -0.444 e. The summed E-state index contributed by atoms with van der Waals surface area (Å²) in [7, 11) is 0. The molecule has 3 rings (SSSR count). The van der Waals surface area contributed by atoms with Crippen molar-refractivity contribution >= 4 is 0 Å². The van der Waals surface area contributed by atoms with Gasteiger partial charge in [-0.1, -0.05) is 19.1 Å². The van der Waals surface area contributed by atoms with E-state index in [0.29, 0.717) is 19.0 Å². The normalized spacial score (nSPS) is 18.0. The van der Waals surface area contributed by atoms with E-state index in [-0.39, 0.29) is 11.9 Å². The number of aromatic nitrogens is 1. The summed E-state index contributed by atoms with van der Waals surface area (Å²) in [6, 6.07) is 6.74.